The predicted molar refractivity (Wildman–Crippen MR) is 70.0 cm³/mol. The van der Waals surface area contributed by atoms with Crippen LogP contribution in [0.25, 0.3) is 0 Å². The normalized spacial score (nSPS) is 10.7. The summed E-state index contributed by atoms with van der Waals surface area (Å²) in [4.78, 5) is 4.29. The second-order valence-electron chi connectivity index (χ2n) is 3.80. The zero-order chi connectivity index (χ0) is 12.3. The number of hydrogen-bond donors (Lipinski definition) is 1. The summed E-state index contributed by atoms with van der Waals surface area (Å²) in [7, 11) is 0. The molecule has 5 heteroatoms. The summed E-state index contributed by atoms with van der Waals surface area (Å²) in [6, 6.07) is 5.85. The molecule has 0 aliphatic carbocycles. The fraction of sp³-hybridized carbons (Fsp3) is 0.333. The van der Waals surface area contributed by atoms with Crippen molar-refractivity contribution in [3.8, 4) is 0 Å². The van der Waals surface area contributed by atoms with E-state index < -0.39 is 0 Å². The maximum Gasteiger partial charge on any atom is 0.123 e. The van der Waals surface area contributed by atoms with Gasteiger partial charge in [-0.2, -0.15) is 5.10 Å². The standard InChI is InChI=1S/C12H16N4S/c1-3-8-16-12(11(13)9(2)15-16)17-10-6-4-5-7-14-10/h4-7H,3,8,13H2,1-2H3. The average Bonchev–Trinajstić information content (AvgIpc) is 2.59. The zero-order valence-corrected chi connectivity index (χ0v) is 10.9. The molecule has 0 saturated carbocycles. The van der Waals surface area contributed by atoms with E-state index in [0.717, 1.165) is 34.4 Å². The molecule has 0 aliphatic heterocycles. The number of nitrogens with zero attached hydrogens (tertiary/aromatic N) is 3. The minimum atomic E-state index is 0.758. The van der Waals surface area contributed by atoms with Crippen molar-refractivity contribution >= 4 is 17.4 Å². The van der Waals surface area contributed by atoms with Crippen molar-refractivity contribution < 1.29 is 0 Å². The monoisotopic (exact) mass is 248 g/mol. The van der Waals surface area contributed by atoms with E-state index in [1.165, 1.54) is 0 Å². The van der Waals surface area contributed by atoms with E-state index in [9.17, 15) is 0 Å². The molecule has 90 valence electrons. The molecule has 2 heterocycles. The summed E-state index contributed by atoms with van der Waals surface area (Å²) >= 11 is 1.57. The van der Waals surface area contributed by atoms with Crippen LogP contribution < -0.4 is 5.73 Å². The second kappa shape index (κ2) is 5.23. The number of nitrogens with two attached hydrogens (primary N) is 1. The van der Waals surface area contributed by atoms with Crippen molar-refractivity contribution in [2.24, 2.45) is 0 Å². The molecule has 4 nitrogen and oxygen atoms in total. The molecule has 0 aliphatic rings. The van der Waals surface area contributed by atoms with E-state index in [4.69, 9.17) is 5.73 Å². The SMILES string of the molecule is CCCn1nc(C)c(N)c1Sc1ccccn1. The van der Waals surface area contributed by atoms with Crippen LogP contribution in [0.2, 0.25) is 0 Å². The molecule has 2 aromatic rings. The first-order valence-corrected chi connectivity index (χ1v) is 6.45. The minimum absolute atomic E-state index is 0.758. The average molecular weight is 248 g/mol. The van der Waals surface area contributed by atoms with Crippen molar-refractivity contribution in [3.05, 3.63) is 30.1 Å². The Hall–Kier alpha value is -1.49. The van der Waals surface area contributed by atoms with Crippen LogP contribution in [-0.2, 0) is 6.54 Å². The molecule has 0 fully saturated rings. The van der Waals surface area contributed by atoms with Gasteiger partial charge in [-0.1, -0.05) is 13.0 Å². The Bertz CT molecular complexity index is 493. The highest BCUT2D eigenvalue weighted by molar-refractivity contribution is 7.99. The Morgan fingerprint density at radius 3 is 2.88 bits per heavy atom. The van der Waals surface area contributed by atoms with Gasteiger partial charge in [0.1, 0.15) is 10.1 Å². The van der Waals surface area contributed by atoms with Crippen LogP contribution in [0.1, 0.15) is 19.0 Å². The van der Waals surface area contributed by atoms with Gasteiger partial charge in [0.2, 0.25) is 0 Å². The van der Waals surface area contributed by atoms with Crippen LogP contribution in [-0.4, -0.2) is 14.8 Å². The van der Waals surface area contributed by atoms with Gasteiger partial charge in [0.25, 0.3) is 0 Å². The Balaban J connectivity index is 2.31. The molecule has 0 radical (unpaired) electrons. The molecule has 2 aromatic heterocycles. The number of anilines is 1. The second-order valence-corrected chi connectivity index (χ2v) is 4.81. The highest BCUT2D eigenvalue weighted by Crippen LogP contribution is 2.32. The van der Waals surface area contributed by atoms with Crippen LogP contribution in [0.4, 0.5) is 5.69 Å². The van der Waals surface area contributed by atoms with Gasteiger partial charge in [-0.25, -0.2) is 4.98 Å². The van der Waals surface area contributed by atoms with E-state index in [0.29, 0.717) is 0 Å². The Labute approximate surface area is 105 Å². The number of pyridine rings is 1. The fourth-order valence-corrected chi connectivity index (χ4v) is 2.51. The van der Waals surface area contributed by atoms with Crippen LogP contribution in [0.5, 0.6) is 0 Å². The van der Waals surface area contributed by atoms with Gasteiger partial charge in [0, 0.05) is 12.7 Å². The van der Waals surface area contributed by atoms with Crippen molar-refractivity contribution in [2.75, 3.05) is 5.73 Å². The summed E-state index contributed by atoms with van der Waals surface area (Å²) < 4.78 is 1.96. The van der Waals surface area contributed by atoms with Crippen LogP contribution in [0.3, 0.4) is 0 Å². The topological polar surface area (TPSA) is 56.7 Å². The zero-order valence-electron chi connectivity index (χ0n) is 10.1. The molecule has 0 aromatic carbocycles. The summed E-state index contributed by atoms with van der Waals surface area (Å²) in [5, 5.41) is 6.37. The molecule has 0 saturated heterocycles. The van der Waals surface area contributed by atoms with E-state index in [1.54, 1.807) is 18.0 Å². The van der Waals surface area contributed by atoms with Gasteiger partial charge in [-0.3, -0.25) is 4.68 Å². The molecule has 2 rings (SSSR count). The van der Waals surface area contributed by atoms with Crippen LogP contribution in [0.15, 0.2) is 34.4 Å². The van der Waals surface area contributed by atoms with Gasteiger partial charge in [0.15, 0.2) is 0 Å². The molecule has 2 N–H and O–H groups in total. The molecule has 0 bridgehead atoms. The van der Waals surface area contributed by atoms with Gasteiger partial charge < -0.3 is 5.73 Å². The molecule has 17 heavy (non-hydrogen) atoms. The summed E-state index contributed by atoms with van der Waals surface area (Å²) in [5.74, 6) is 0. The highest BCUT2D eigenvalue weighted by Gasteiger charge is 2.13. The van der Waals surface area contributed by atoms with E-state index in [-0.39, 0.29) is 0 Å². The summed E-state index contributed by atoms with van der Waals surface area (Å²) in [6.07, 6.45) is 2.82. The van der Waals surface area contributed by atoms with Gasteiger partial charge >= 0.3 is 0 Å². The largest absolute Gasteiger partial charge is 0.395 e. The number of aromatic nitrogens is 3. The van der Waals surface area contributed by atoms with E-state index in [1.807, 2.05) is 29.8 Å². The lowest BCUT2D eigenvalue weighted by Gasteiger charge is -2.05. The maximum absolute atomic E-state index is 6.05. The first-order chi connectivity index (χ1) is 8.22. The lowest BCUT2D eigenvalue weighted by molar-refractivity contribution is 0.556. The Morgan fingerprint density at radius 2 is 2.24 bits per heavy atom. The maximum atomic E-state index is 6.05. The smallest absolute Gasteiger partial charge is 0.123 e. The Morgan fingerprint density at radius 1 is 1.41 bits per heavy atom. The summed E-state index contributed by atoms with van der Waals surface area (Å²) in [5.41, 5.74) is 7.69. The molecular weight excluding hydrogens is 232 g/mol. The third kappa shape index (κ3) is 2.61. The van der Waals surface area contributed by atoms with Crippen LogP contribution in [0, 0.1) is 6.92 Å². The third-order valence-corrected chi connectivity index (χ3v) is 3.47. The third-order valence-electron chi connectivity index (χ3n) is 2.40. The number of nitrogen functional groups attached to an aromatic ring is 1. The molecule has 0 amide bonds. The van der Waals surface area contributed by atoms with Gasteiger partial charge in [-0.05, 0) is 37.2 Å². The van der Waals surface area contributed by atoms with Crippen LogP contribution >= 0.6 is 11.8 Å². The first kappa shape index (κ1) is 12.0. The molecular formula is C12H16N4S. The quantitative estimate of drug-likeness (QED) is 0.904. The lowest BCUT2D eigenvalue weighted by atomic mass is 10.4. The predicted octanol–water partition coefficient (Wildman–Crippen LogP) is 2.73. The lowest BCUT2D eigenvalue weighted by Crippen LogP contribution is -2.01. The highest BCUT2D eigenvalue weighted by atomic mass is 32.2. The van der Waals surface area contributed by atoms with E-state index >= 15 is 0 Å². The number of aryl methyl sites for hydroxylation is 2. The number of hydrogen-bond acceptors (Lipinski definition) is 4. The van der Waals surface area contributed by atoms with Gasteiger partial charge in [0.05, 0.1) is 11.4 Å². The molecule has 0 atom stereocenters. The summed E-state index contributed by atoms with van der Waals surface area (Å²) in [6.45, 7) is 4.94. The van der Waals surface area contributed by atoms with Crippen molar-refractivity contribution in [1.82, 2.24) is 14.8 Å². The molecule has 0 spiro atoms. The van der Waals surface area contributed by atoms with E-state index in [2.05, 4.69) is 17.0 Å². The number of rotatable bonds is 4. The van der Waals surface area contributed by atoms with Gasteiger partial charge in [-0.15, -0.1) is 0 Å². The van der Waals surface area contributed by atoms with Crippen molar-refractivity contribution in [3.63, 3.8) is 0 Å². The Kier molecular flexibility index (Phi) is 3.68. The first-order valence-electron chi connectivity index (χ1n) is 5.64. The van der Waals surface area contributed by atoms with Crippen molar-refractivity contribution in [1.29, 1.82) is 0 Å². The van der Waals surface area contributed by atoms with Crippen molar-refractivity contribution in [2.45, 2.75) is 36.9 Å². The molecule has 0 unspecified atom stereocenters. The fourth-order valence-electron chi connectivity index (χ4n) is 1.55. The minimum Gasteiger partial charge on any atom is -0.395 e.